The molecule has 0 unspecified atom stereocenters. The van der Waals surface area contributed by atoms with Crippen molar-refractivity contribution in [1.82, 2.24) is 10.2 Å². The summed E-state index contributed by atoms with van der Waals surface area (Å²) in [5.74, 6) is 0.691. The van der Waals surface area contributed by atoms with Crippen LogP contribution in [0.15, 0.2) is 54.6 Å². The van der Waals surface area contributed by atoms with Gasteiger partial charge in [0.2, 0.25) is 0 Å². The number of hydrogen-bond donors (Lipinski definition) is 1. The van der Waals surface area contributed by atoms with Crippen LogP contribution < -0.4 is 22.5 Å². The molecule has 1 aliphatic heterocycles. The molecule has 2 aromatic rings. The fourth-order valence-corrected chi connectivity index (χ4v) is 3.16. The van der Waals surface area contributed by atoms with Crippen LogP contribution in [0.3, 0.4) is 0 Å². The third-order valence-corrected chi connectivity index (χ3v) is 4.65. The van der Waals surface area contributed by atoms with Gasteiger partial charge in [0.15, 0.2) is 6.61 Å². The number of hydrogen-bond acceptors (Lipinski definition) is 4. The van der Waals surface area contributed by atoms with E-state index in [1.165, 1.54) is 5.56 Å². The SMILES string of the molecule is O=C(COc1ccccc1Cc1ccccc1)NCCCN1CCOCC1.[Cl-]. The van der Waals surface area contributed by atoms with Gasteiger partial charge < -0.3 is 27.2 Å². The highest BCUT2D eigenvalue weighted by atomic mass is 35.5. The van der Waals surface area contributed by atoms with Gasteiger partial charge in [0.25, 0.3) is 5.91 Å². The smallest absolute Gasteiger partial charge is 0.257 e. The molecule has 0 bridgehead atoms. The van der Waals surface area contributed by atoms with Crippen LogP contribution in [-0.4, -0.2) is 56.8 Å². The second kappa shape index (κ2) is 12.4. The van der Waals surface area contributed by atoms with Gasteiger partial charge in [0, 0.05) is 26.1 Å². The summed E-state index contributed by atoms with van der Waals surface area (Å²) in [6.07, 6.45) is 1.73. The number of nitrogens with one attached hydrogen (secondary N) is 1. The van der Waals surface area contributed by atoms with Gasteiger partial charge in [-0.1, -0.05) is 48.5 Å². The quantitative estimate of drug-likeness (QED) is 0.573. The molecule has 0 aliphatic carbocycles. The van der Waals surface area contributed by atoms with E-state index in [1.54, 1.807) is 0 Å². The molecule has 0 spiro atoms. The summed E-state index contributed by atoms with van der Waals surface area (Å²) in [5, 5.41) is 2.94. The highest BCUT2D eigenvalue weighted by Gasteiger charge is 2.10. The summed E-state index contributed by atoms with van der Waals surface area (Å²) in [6.45, 7) is 5.29. The fraction of sp³-hybridized carbons (Fsp3) is 0.409. The van der Waals surface area contributed by atoms with Crippen LogP contribution in [0.2, 0.25) is 0 Å². The molecular weight excluding hydrogens is 376 g/mol. The van der Waals surface area contributed by atoms with Crippen molar-refractivity contribution in [2.24, 2.45) is 0 Å². The van der Waals surface area contributed by atoms with Crippen LogP contribution >= 0.6 is 0 Å². The summed E-state index contributed by atoms with van der Waals surface area (Å²) in [7, 11) is 0. The molecule has 1 heterocycles. The molecule has 0 saturated carbocycles. The number of amides is 1. The van der Waals surface area contributed by atoms with Crippen molar-refractivity contribution in [3.63, 3.8) is 0 Å². The third-order valence-electron chi connectivity index (χ3n) is 4.65. The van der Waals surface area contributed by atoms with Crippen LogP contribution in [0.5, 0.6) is 5.75 Å². The minimum atomic E-state index is -0.0773. The summed E-state index contributed by atoms with van der Waals surface area (Å²) in [4.78, 5) is 14.4. The van der Waals surface area contributed by atoms with Crippen LogP contribution in [0.1, 0.15) is 17.5 Å². The van der Waals surface area contributed by atoms with E-state index < -0.39 is 0 Å². The molecule has 3 rings (SSSR count). The summed E-state index contributed by atoms with van der Waals surface area (Å²) in [6, 6.07) is 18.2. The predicted octanol–water partition coefficient (Wildman–Crippen LogP) is -0.501. The number of para-hydroxylation sites is 1. The maximum atomic E-state index is 12.1. The normalized spacial score (nSPS) is 14.1. The highest BCUT2D eigenvalue weighted by Crippen LogP contribution is 2.21. The van der Waals surface area contributed by atoms with Crippen LogP contribution in [-0.2, 0) is 16.0 Å². The maximum absolute atomic E-state index is 12.1. The Hall–Kier alpha value is -2.08. The number of ether oxygens (including phenoxy) is 2. The zero-order valence-electron chi connectivity index (χ0n) is 16.1. The molecule has 1 amide bonds. The highest BCUT2D eigenvalue weighted by molar-refractivity contribution is 5.77. The fourth-order valence-electron chi connectivity index (χ4n) is 3.16. The number of benzene rings is 2. The molecule has 0 aromatic heterocycles. The Balaban J connectivity index is 0.00000280. The van der Waals surface area contributed by atoms with Crippen LogP contribution in [0, 0.1) is 0 Å². The monoisotopic (exact) mass is 403 g/mol. The van der Waals surface area contributed by atoms with E-state index in [0.29, 0.717) is 6.54 Å². The first-order chi connectivity index (χ1) is 13.3. The van der Waals surface area contributed by atoms with Crippen molar-refractivity contribution in [2.75, 3.05) is 46.0 Å². The first kappa shape index (κ1) is 22.2. The Labute approximate surface area is 173 Å². The lowest BCUT2D eigenvalue weighted by Crippen LogP contribution is -3.00. The molecule has 1 aliphatic rings. The number of halogens is 1. The van der Waals surface area contributed by atoms with Gasteiger partial charge in [-0.3, -0.25) is 9.69 Å². The Morgan fingerprint density at radius 2 is 1.75 bits per heavy atom. The van der Waals surface area contributed by atoms with Gasteiger partial charge in [-0.15, -0.1) is 0 Å². The van der Waals surface area contributed by atoms with Gasteiger partial charge in [0.1, 0.15) is 5.75 Å². The third kappa shape index (κ3) is 7.50. The molecule has 2 aromatic carbocycles. The molecular formula is C22H28ClN2O3-. The Bertz CT molecular complexity index is 706. The molecule has 6 heteroatoms. The van der Waals surface area contributed by atoms with Gasteiger partial charge in [0.05, 0.1) is 13.2 Å². The van der Waals surface area contributed by atoms with Crippen molar-refractivity contribution in [3.05, 3.63) is 65.7 Å². The number of morpholine rings is 1. The molecule has 5 nitrogen and oxygen atoms in total. The van der Waals surface area contributed by atoms with E-state index in [9.17, 15) is 4.79 Å². The number of carbonyl (C=O) groups excluding carboxylic acids is 1. The van der Waals surface area contributed by atoms with E-state index in [-0.39, 0.29) is 24.9 Å². The van der Waals surface area contributed by atoms with E-state index in [4.69, 9.17) is 9.47 Å². The molecule has 28 heavy (non-hydrogen) atoms. The molecule has 1 saturated heterocycles. The first-order valence-electron chi connectivity index (χ1n) is 9.63. The lowest BCUT2D eigenvalue weighted by Gasteiger charge is -2.26. The molecule has 152 valence electrons. The van der Waals surface area contributed by atoms with E-state index in [0.717, 1.165) is 57.0 Å². The van der Waals surface area contributed by atoms with E-state index >= 15 is 0 Å². The molecule has 0 radical (unpaired) electrons. The van der Waals surface area contributed by atoms with Crippen molar-refractivity contribution < 1.29 is 26.7 Å². The second-order valence-electron chi connectivity index (χ2n) is 6.72. The topological polar surface area (TPSA) is 50.8 Å². The number of rotatable bonds is 9. The first-order valence-corrected chi connectivity index (χ1v) is 9.63. The minimum absolute atomic E-state index is 0. The zero-order chi connectivity index (χ0) is 18.7. The molecule has 1 fully saturated rings. The summed E-state index contributed by atoms with van der Waals surface area (Å²) in [5.41, 5.74) is 2.31. The van der Waals surface area contributed by atoms with Gasteiger partial charge in [-0.05, 0) is 30.2 Å². The minimum Gasteiger partial charge on any atom is -1.00 e. The van der Waals surface area contributed by atoms with Crippen molar-refractivity contribution in [3.8, 4) is 5.75 Å². The lowest BCUT2D eigenvalue weighted by atomic mass is 10.0. The summed E-state index contributed by atoms with van der Waals surface area (Å²) < 4.78 is 11.1. The van der Waals surface area contributed by atoms with Gasteiger partial charge in [-0.2, -0.15) is 0 Å². The second-order valence-corrected chi connectivity index (χ2v) is 6.72. The Morgan fingerprint density at radius 1 is 1.04 bits per heavy atom. The van der Waals surface area contributed by atoms with E-state index in [1.807, 2.05) is 42.5 Å². The lowest BCUT2D eigenvalue weighted by molar-refractivity contribution is -0.123. The Morgan fingerprint density at radius 3 is 2.54 bits per heavy atom. The van der Waals surface area contributed by atoms with Crippen LogP contribution in [0.4, 0.5) is 0 Å². The summed E-state index contributed by atoms with van der Waals surface area (Å²) >= 11 is 0. The van der Waals surface area contributed by atoms with Gasteiger partial charge >= 0.3 is 0 Å². The standard InChI is InChI=1S/C22H28N2O3.ClH/c25-22(23-11-6-12-24-13-15-26-16-14-24)18-27-21-10-5-4-9-20(21)17-19-7-2-1-3-8-19;/h1-5,7-10H,6,11-18H2,(H,23,25);1H/p-1. The average molecular weight is 404 g/mol. The van der Waals surface area contributed by atoms with Crippen molar-refractivity contribution in [1.29, 1.82) is 0 Å². The Kier molecular flexibility index (Phi) is 9.83. The largest absolute Gasteiger partial charge is 1.00 e. The van der Waals surface area contributed by atoms with Crippen LogP contribution in [0.25, 0.3) is 0 Å². The van der Waals surface area contributed by atoms with Crippen molar-refractivity contribution in [2.45, 2.75) is 12.8 Å². The zero-order valence-corrected chi connectivity index (χ0v) is 16.9. The molecule has 1 N–H and O–H groups in total. The average Bonchev–Trinajstić information content (AvgIpc) is 2.72. The number of carbonyl (C=O) groups is 1. The maximum Gasteiger partial charge on any atom is 0.257 e. The van der Waals surface area contributed by atoms with E-state index in [2.05, 4.69) is 22.3 Å². The predicted molar refractivity (Wildman–Crippen MR) is 106 cm³/mol. The molecule has 0 atom stereocenters. The number of nitrogens with zero attached hydrogens (tertiary/aromatic N) is 1. The van der Waals surface area contributed by atoms with Crippen molar-refractivity contribution >= 4 is 5.91 Å². The van der Waals surface area contributed by atoms with Gasteiger partial charge in [-0.25, -0.2) is 0 Å².